The van der Waals surface area contributed by atoms with Crippen LogP contribution in [-0.2, 0) is 14.9 Å². The van der Waals surface area contributed by atoms with Gasteiger partial charge >= 0.3 is 10.1 Å². The molecule has 3 rings (SSSR count). The van der Waals surface area contributed by atoms with Crippen LogP contribution in [0.15, 0.2) is 67.9 Å². The van der Waals surface area contributed by atoms with Crippen molar-refractivity contribution in [3.8, 4) is 17.6 Å². The molecule has 0 aliphatic carbocycles. The molecule has 0 saturated heterocycles. The zero-order valence-corrected chi connectivity index (χ0v) is 26.1. The molecule has 0 spiro atoms. The third-order valence-corrected chi connectivity index (χ3v) is 8.22. The number of nitriles is 1. The molecular formula is C26H21Br2IN2O5S. The summed E-state index contributed by atoms with van der Waals surface area (Å²) in [5.74, 6) is -0.420. The van der Waals surface area contributed by atoms with Crippen LogP contribution in [0.25, 0.3) is 6.08 Å². The zero-order valence-electron chi connectivity index (χ0n) is 19.9. The highest BCUT2D eigenvalue weighted by Gasteiger charge is 2.23. The molecule has 11 heteroatoms. The summed E-state index contributed by atoms with van der Waals surface area (Å²) in [6, 6.07) is 15.0. The normalized spacial score (nSPS) is 11.5. The van der Waals surface area contributed by atoms with Gasteiger partial charge in [0.1, 0.15) is 16.5 Å². The summed E-state index contributed by atoms with van der Waals surface area (Å²) in [5.41, 5.74) is 2.70. The van der Waals surface area contributed by atoms with Crippen molar-refractivity contribution in [1.29, 1.82) is 5.26 Å². The van der Waals surface area contributed by atoms with E-state index >= 15 is 0 Å². The van der Waals surface area contributed by atoms with Gasteiger partial charge in [-0.25, -0.2) is 0 Å². The highest BCUT2D eigenvalue weighted by Crippen LogP contribution is 2.37. The quantitative estimate of drug-likeness (QED) is 0.113. The summed E-state index contributed by atoms with van der Waals surface area (Å²) in [5, 5.41) is 12.4. The summed E-state index contributed by atoms with van der Waals surface area (Å²) in [6.07, 6.45) is 1.40. The molecule has 3 aromatic carbocycles. The highest BCUT2D eigenvalue weighted by atomic mass is 127. The molecule has 0 aromatic heterocycles. The number of carbonyl (C=O) groups is 1. The van der Waals surface area contributed by atoms with Gasteiger partial charge < -0.3 is 14.2 Å². The van der Waals surface area contributed by atoms with E-state index in [1.165, 1.54) is 24.3 Å². The van der Waals surface area contributed by atoms with Crippen LogP contribution in [-0.4, -0.2) is 20.9 Å². The number of aryl methyl sites for hydroxylation is 2. The van der Waals surface area contributed by atoms with Gasteiger partial charge in [-0.2, -0.15) is 13.7 Å². The predicted molar refractivity (Wildman–Crippen MR) is 158 cm³/mol. The Labute approximate surface area is 246 Å². The number of amides is 1. The van der Waals surface area contributed by atoms with Gasteiger partial charge in [-0.3, -0.25) is 4.79 Å². The monoisotopic (exact) mass is 758 g/mol. The van der Waals surface area contributed by atoms with E-state index in [1.807, 2.05) is 54.6 Å². The second-order valence-electron chi connectivity index (χ2n) is 7.84. The van der Waals surface area contributed by atoms with Crippen LogP contribution in [0, 0.1) is 28.7 Å². The minimum absolute atomic E-state index is 0.0113. The van der Waals surface area contributed by atoms with Crippen molar-refractivity contribution in [1.82, 2.24) is 0 Å². The Hall–Kier alpha value is -2.40. The molecule has 7 nitrogen and oxygen atoms in total. The number of anilines is 1. The second-order valence-corrected chi connectivity index (χ2v) is 12.3. The van der Waals surface area contributed by atoms with Crippen molar-refractivity contribution in [2.45, 2.75) is 25.7 Å². The number of hydrogen-bond acceptors (Lipinski definition) is 6. The fraction of sp³-hybridized carbons (Fsp3) is 0.154. The summed E-state index contributed by atoms with van der Waals surface area (Å²) >= 11 is 8.78. The highest BCUT2D eigenvalue weighted by molar-refractivity contribution is 14.1. The van der Waals surface area contributed by atoms with E-state index in [4.69, 9.17) is 8.92 Å². The number of ether oxygens (including phenoxy) is 1. The van der Waals surface area contributed by atoms with Crippen LogP contribution in [0.1, 0.15) is 23.6 Å². The molecule has 0 fully saturated rings. The number of nitrogens with one attached hydrogen (secondary N) is 1. The van der Waals surface area contributed by atoms with Crippen LogP contribution in [0.5, 0.6) is 11.5 Å². The van der Waals surface area contributed by atoms with Gasteiger partial charge in [-0.1, -0.05) is 17.7 Å². The average Bonchev–Trinajstić information content (AvgIpc) is 2.82. The van der Waals surface area contributed by atoms with Gasteiger partial charge in [0.15, 0.2) is 11.5 Å². The Morgan fingerprint density at radius 3 is 2.27 bits per heavy atom. The minimum atomic E-state index is -4.12. The molecule has 0 aliphatic heterocycles. The first-order valence-electron chi connectivity index (χ1n) is 10.8. The Morgan fingerprint density at radius 2 is 1.70 bits per heavy atom. The first kappa shape index (κ1) is 29.2. The first-order valence-corrected chi connectivity index (χ1v) is 14.9. The lowest BCUT2D eigenvalue weighted by Crippen LogP contribution is -2.14. The Bertz CT molecular complexity index is 1510. The smallest absolute Gasteiger partial charge is 0.339 e. The number of benzene rings is 3. The van der Waals surface area contributed by atoms with Crippen LogP contribution in [0.2, 0.25) is 0 Å². The number of carbonyl (C=O) groups excluding carboxylic acids is 1. The van der Waals surface area contributed by atoms with Gasteiger partial charge in [0.25, 0.3) is 5.91 Å². The van der Waals surface area contributed by atoms with E-state index in [-0.39, 0.29) is 28.6 Å². The standard InChI is InChI=1S/C26H21Br2IN2O5S/c1-4-35-23-13-17(11-18(14-30)26(32)31-24-20(27)9-16(3)10-21(24)28)12-22(29)25(23)36-37(33,34)19-7-5-15(2)6-8-19/h5-13H,4H2,1-3H3,(H,31,32)/b18-11+. The second kappa shape index (κ2) is 12.4. The van der Waals surface area contributed by atoms with E-state index in [0.717, 1.165) is 11.1 Å². The lowest BCUT2D eigenvalue weighted by Gasteiger charge is -2.15. The molecule has 0 unspecified atom stereocenters. The van der Waals surface area contributed by atoms with Crippen LogP contribution < -0.4 is 14.2 Å². The van der Waals surface area contributed by atoms with E-state index in [9.17, 15) is 18.5 Å². The Morgan fingerprint density at radius 1 is 1.08 bits per heavy atom. The van der Waals surface area contributed by atoms with Crippen molar-refractivity contribution < 1.29 is 22.1 Å². The molecule has 1 amide bonds. The van der Waals surface area contributed by atoms with Gasteiger partial charge in [0, 0.05) is 8.95 Å². The van der Waals surface area contributed by atoms with Gasteiger partial charge in [-0.15, -0.1) is 0 Å². The Balaban J connectivity index is 1.96. The summed E-state index contributed by atoms with van der Waals surface area (Å²) in [6.45, 7) is 5.76. The summed E-state index contributed by atoms with van der Waals surface area (Å²) < 4.78 is 38.6. The molecule has 0 aliphatic rings. The van der Waals surface area contributed by atoms with Crippen molar-refractivity contribution in [3.05, 3.63) is 83.3 Å². The molecule has 0 radical (unpaired) electrons. The third kappa shape index (κ3) is 7.34. The molecule has 0 saturated carbocycles. The summed E-state index contributed by atoms with van der Waals surface area (Å²) in [7, 11) is -4.12. The van der Waals surface area contributed by atoms with Gasteiger partial charge in [0.2, 0.25) is 0 Å². The van der Waals surface area contributed by atoms with Gasteiger partial charge in [-0.05, 0) is 129 Å². The lowest BCUT2D eigenvalue weighted by molar-refractivity contribution is -0.112. The number of rotatable bonds is 8. The average molecular weight is 760 g/mol. The van der Waals surface area contributed by atoms with Gasteiger partial charge in [0.05, 0.1) is 15.9 Å². The molecule has 37 heavy (non-hydrogen) atoms. The SMILES string of the molecule is CCOc1cc(/C=C(\C#N)C(=O)Nc2c(Br)cc(C)cc2Br)cc(I)c1OS(=O)(=O)c1ccc(C)cc1. The van der Waals surface area contributed by atoms with Crippen molar-refractivity contribution in [2.75, 3.05) is 11.9 Å². The van der Waals surface area contributed by atoms with Crippen LogP contribution in [0.4, 0.5) is 5.69 Å². The molecule has 0 atom stereocenters. The maximum absolute atomic E-state index is 12.9. The van der Waals surface area contributed by atoms with Crippen molar-refractivity contribution in [3.63, 3.8) is 0 Å². The Kier molecular flexibility index (Phi) is 9.80. The van der Waals surface area contributed by atoms with E-state index in [2.05, 4.69) is 37.2 Å². The topological polar surface area (TPSA) is 105 Å². The fourth-order valence-corrected chi connectivity index (χ4v) is 6.65. The predicted octanol–water partition coefficient (Wildman–Crippen LogP) is 7.15. The first-order chi connectivity index (χ1) is 17.4. The molecule has 0 heterocycles. The maximum Gasteiger partial charge on any atom is 0.339 e. The third-order valence-electron chi connectivity index (χ3n) is 4.94. The molecule has 192 valence electrons. The summed E-state index contributed by atoms with van der Waals surface area (Å²) in [4.78, 5) is 12.9. The van der Waals surface area contributed by atoms with E-state index in [0.29, 0.717) is 23.8 Å². The van der Waals surface area contributed by atoms with E-state index < -0.39 is 16.0 Å². The fourth-order valence-electron chi connectivity index (χ4n) is 3.19. The lowest BCUT2D eigenvalue weighted by atomic mass is 10.1. The maximum atomic E-state index is 12.9. The van der Waals surface area contributed by atoms with Crippen molar-refractivity contribution >= 4 is 82.2 Å². The minimum Gasteiger partial charge on any atom is -0.490 e. The number of halogens is 3. The van der Waals surface area contributed by atoms with E-state index in [1.54, 1.807) is 25.1 Å². The molecule has 3 aromatic rings. The largest absolute Gasteiger partial charge is 0.490 e. The number of hydrogen-bond donors (Lipinski definition) is 1. The van der Waals surface area contributed by atoms with Crippen molar-refractivity contribution in [2.24, 2.45) is 0 Å². The zero-order chi connectivity index (χ0) is 27.3. The molecular weight excluding hydrogens is 739 g/mol. The molecule has 1 N–H and O–H groups in total. The van der Waals surface area contributed by atoms with Crippen LogP contribution >= 0.6 is 54.5 Å². The van der Waals surface area contributed by atoms with Crippen LogP contribution in [0.3, 0.4) is 0 Å². The number of nitrogens with zero attached hydrogens (tertiary/aromatic N) is 1. The molecule has 0 bridgehead atoms.